The number of Topliss-reactive ketones (excluding diaryl/α,β-unsaturated/α-hetero) is 1. The summed E-state index contributed by atoms with van der Waals surface area (Å²) in [6, 6.07) is 8.73. The molecule has 1 N–H and O–H groups in total. The normalized spacial score (nSPS) is 11.9. The Morgan fingerprint density at radius 3 is 2.45 bits per heavy atom. The number of rotatable bonds is 4. The summed E-state index contributed by atoms with van der Waals surface area (Å²) in [5, 5.41) is 2.70. The Morgan fingerprint density at radius 2 is 1.90 bits per heavy atom. The molecule has 0 aliphatic heterocycles. The third kappa shape index (κ3) is 3.98. The highest BCUT2D eigenvalue weighted by atomic mass is 16.2. The molecule has 0 aliphatic carbocycles. The highest BCUT2D eigenvalue weighted by molar-refractivity contribution is 6.07. The van der Waals surface area contributed by atoms with Crippen molar-refractivity contribution in [2.75, 3.05) is 0 Å². The molecule has 3 heteroatoms. The zero-order valence-corrected chi connectivity index (χ0v) is 11.9. The van der Waals surface area contributed by atoms with Gasteiger partial charge in [0.05, 0.1) is 0 Å². The van der Waals surface area contributed by atoms with E-state index in [0.29, 0.717) is 5.56 Å². The van der Waals surface area contributed by atoms with Crippen LogP contribution in [0.25, 0.3) is 0 Å². The molecule has 0 bridgehead atoms. The van der Waals surface area contributed by atoms with Crippen LogP contribution in [0.5, 0.6) is 0 Å². The monoisotopic (exact) mass is 267 g/mol. The molecule has 0 saturated carbocycles. The van der Waals surface area contributed by atoms with Crippen molar-refractivity contribution in [3.05, 3.63) is 53.8 Å². The SMILES string of the molecule is CC#CC(=O)[C@](C)(C=C=CC)NC(=O)c1ccccc1. The molecular weight excluding hydrogens is 250 g/mol. The minimum Gasteiger partial charge on any atom is -0.335 e. The van der Waals surface area contributed by atoms with Gasteiger partial charge in [0.1, 0.15) is 5.54 Å². The maximum Gasteiger partial charge on any atom is 0.252 e. The van der Waals surface area contributed by atoms with Gasteiger partial charge in [0.15, 0.2) is 0 Å². The molecule has 0 spiro atoms. The maximum atomic E-state index is 12.2. The van der Waals surface area contributed by atoms with Crippen LogP contribution in [0.15, 0.2) is 48.2 Å². The smallest absolute Gasteiger partial charge is 0.252 e. The molecule has 1 rings (SSSR count). The predicted molar refractivity (Wildman–Crippen MR) is 79.1 cm³/mol. The van der Waals surface area contributed by atoms with E-state index in [1.165, 1.54) is 6.08 Å². The van der Waals surface area contributed by atoms with E-state index < -0.39 is 5.54 Å². The summed E-state index contributed by atoms with van der Waals surface area (Å²) in [7, 11) is 0. The van der Waals surface area contributed by atoms with Crippen molar-refractivity contribution in [2.24, 2.45) is 0 Å². The van der Waals surface area contributed by atoms with E-state index in [2.05, 4.69) is 22.9 Å². The molecule has 20 heavy (non-hydrogen) atoms. The van der Waals surface area contributed by atoms with Crippen molar-refractivity contribution in [3.63, 3.8) is 0 Å². The van der Waals surface area contributed by atoms with Gasteiger partial charge in [0.25, 0.3) is 5.91 Å². The summed E-state index contributed by atoms with van der Waals surface area (Å²) >= 11 is 0. The van der Waals surface area contributed by atoms with Crippen LogP contribution in [-0.2, 0) is 4.79 Å². The number of ketones is 1. The lowest BCUT2D eigenvalue weighted by Gasteiger charge is -2.22. The molecule has 0 heterocycles. The average Bonchev–Trinajstić information content (AvgIpc) is 2.46. The second-order valence-electron chi connectivity index (χ2n) is 4.33. The molecule has 1 aromatic carbocycles. The zero-order chi connectivity index (χ0) is 15.0. The van der Waals surface area contributed by atoms with Crippen molar-refractivity contribution < 1.29 is 9.59 Å². The maximum absolute atomic E-state index is 12.2. The minimum absolute atomic E-state index is 0.325. The van der Waals surface area contributed by atoms with Gasteiger partial charge in [-0.05, 0) is 51.0 Å². The summed E-state index contributed by atoms with van der Waals surface area (Å²) in [4.78, 5) is 24.2. The number of hydrogen-bond acceptors (Lipinski definition) is 2. The highest BCUT2D eigenvalue weighted by Gasteiger charge is 2.31. The van der Waals surface area contributed by atoms with Gasteiger partial charge in [-0.15, -0.1) is 5.73 Å². The van der Waals surface area contributed by atoms with Crippen LogP contribution in [0.4, 0.5) is 0 Å². The Kier molecular flexibility index (Phi) is 5.53. The number of carbonyl (C=O) groups is 2. The van der Waals surface area contributed by atoms with Gasteiger partial charge < -0.3 is 5.32 Å². The van der Waals surface area contributed by atoms with Gasteiger partial charge in [-0.1, -0.05) is 24.1 Å². The molecule has 0 saturated heterocycles. The first kappa shape index (κ1) is 15.5. The lowest BCUT2D eigenvalue weighted by molar-refractivity contribution is -0.117. The Morgan fingerprint density at radius 1 is 1.25 bits per heavy atom. The van der Waals surface area contributed by atoms with Gasteiger partial charge in [0, 0.05) is 5.56 Å². The molecule has 0 aliphatic rings. The van der Waals surface area contributed by atoms with Crippen molar-refractivity contribution in [1.82, 2.24) is 5.32 Å². The van der Waals surface area contributed by atoms with Crippen LogP contribution in [0, 0.1) is 11.8 Å². The third-order valence-corrected chi connectivity index (χ3v) is 2.66. The quantitative estimate of drug-likeness (QED) is 0.517. The number of nitrogens with one attached hydrogen (secondary N) is 1. The molecule has 102 valence electrons. The molecule has 1 aromatic rings. The molecule has 0 unspecified atom stereocenters. The largest absolute Gasteiger partial charge is 0.335 e. The standard InChI is InChI=1S/C17H17NO2/c1-4-6-13-17(3,15(19)10-5-2)18-16(20)14-11-8-7-9-12-14/h4,7-9,11-13H,1-3H3,(H,18,20)/t6?,17-/m0/s1. The van der Waals surface area contributed by atoms with Crippen LogP contribution in [0.3, 0.4) is 0 Å². The van der Waals surface area contributed by atoms with Gasteiger partial charge in [-0.3, -0.25) is 9.59 Å². The molecule has 3 nitrogen and oxygen atoms in total. The Balaban J connectivity index is 3.07. The third-order valence-electron chi connectivity index (χ3n) is 2.66. The van der Waals surface area contributed by atoms with E-state index in [1.807, 2.05) is 6.07 Å². The number of hydrogen-bond donors (Lipinski definition) is 1. The average molecular weight is 267 g/mol. The summed E-state index contributed by atoms with van der Waals surface area (Å²) in [5.41, 5.74) is 2.13. The van der Waals surface area contributed by atoms with Crippen molar-refractivity contribution >= 4 is 11.7 Å². The number of carbonyl (C=O) groups excluding carboxylic acids is 2. The summed E-state index contributed by atoms with van der Waals surface area (Å²) in [6.45, 7) is 4.97. The van der Waals surface area contributed by atoms with Crippen molar-refractivity contribution in [1.29, 1.82) is 0 Å². The van der Waals surface area contributed by atoms with E-state index in [1.54, 1.807) is 51.1 Å². The van der Waals surface area contributed by atoms with Gasteiger partial charge in [-0.2, -0.15) is 0 Å². The van der Waals surface area contributed by atoms with Crippen molar-refractivity contribution in [2.45, 2.75) is 26.3 Å². The lowest BCUT2D eigenvalue weighted by Crippen LogP contribution is -2.50. The Bertz CT molecular complexity index is 613. The first-order valence-corrected chi connectivity index (χ1v) is 6.26. The van der Waals surface area contributed by atoms with Crippen LogP contribution in [-0.4, -0.2) is 17.2 Å². The fourth-order valence-corrected chi connectivity index (χ4v) is 1.55. The van der Waals surface area contributed by atoms with Gasteiger partial charge >= 0.3 is 0 Å². The first-order chi connectivity index (χ1) is 9.53. The molecule has 0 aromatic heterocycles. The molecule has 1 atom stereocenters. The minimum atomic E-state index is -1.19. The van der Waals surface area contributed by atoms with E-state index in [-0.39, 0.29) is 11.7 Å². The highest BCUT2D eigenvalue weighted by Crippen LogP contribution is 2.10. The van der Waals surface area contributed by atoms with Crippen LogP contribution >= 0.6 is 0 Å². The number of amides is 1. The summed E-state index contributed by atoms with van der Waals surface area (Å²) in [5.74, 6) is 4.32. The van der Waals surface area contributed by atoms with Crippen LogP contribution < -0.4 is 5.32 Å². The van der Waals surface area contributed by atoms with E-state index >= 15 is 0 Å². The first-order valence-electron chi connectivity index (χ1n) is 6.26. The Labute approximate surface area is 119 Å². The topological polar surface area (TPSA) is 46.2 Å². The molecule has 1 amide bonds. The molecular formula is C17H17NO2. The second-order valence-corrected chi connectivity index (χ2v) is 4.33. The second kappa shape index (κ2) is 7.13. The number of benzene rings is 1. The zero-order valence-electron chi connectivity index (χ0n) is 11.9. The van der Waals surface area contributed by atoms with Gasteiger partial charge in [0.2, 0.25) is 5.78 Å². The summed E-state index contributed by atoms with van der Waals surface area (Å²) < 4.78 is 0. The predicted octanol–water partition coefficient (Wildman–Crippen LogP) is 2.50. The fraction of sp³-hybridized carbons (Fsp3) is 0.235. The fourth-order valence-electron chi connectivity index (χ4n) is 1.55. The van der Waals surface area contributed by atoms with E-state index in [0.717, 1.165) is 0 Å². The Hall–Kier alpha value is -2.56. The summed E-state index contributed by atoms with van der Waals surface area (Å²) in [6.07, 6.45) is 3.18. The molecule has 0 radical (unpaired) electrons. The van der Waals surface area contributed by atoms with Crippen LogP contribution in [0.1, 0.15) is 31.1 Å². The molecule has 0 fully saturated rings. The van der Waals surface area contributed by atoms with E-state index in [4.69, 9.17) is 0 Å². The van der Waals surface area contributed by atoms with Crippen molar-refractivity contribution in [3.8, 4) is 11.8 Å². The van der Waals surface area contributed by atoms with Crippen LogP contribution in [0.2, 0.25) is 0 Å². The lowest BCUT2D eigenvalue weighted by atomic mass is 9.95. The van der Waals surface area contributed by atoms with E-state index in [9.17, 15) is 9.59 Å². The van der Waals surface area contributed by atoms with Gasteiger partial charge in [-0.25, -0.2) is 0 Å².